The molecule has 3 unspecified atom stereocenters. The summed E-state index contributed by atoms with van der Waals surface area (Å²) >= 11 is 0. The number of imide groups is 1. The molecule has 2 aliphatic rings. The highest BCUT2D eigenvalue weighted by molar-refractivity contribution is 6.06. The van der Waals surface area contributed by atoms with E-state index in [4.69, 9.17) is 10.5 Å². The number of amides is 2. The van der Waals surface area contributed by atoms with Crippen molar-refractivity contribution in [2.24, 2.45) is 11.1 Å². The monoisotopic (exact) mass is 240 g/mol. The van der Waals surface area contributed by atoms with E-state index in [1.165, 1.54) is 4.90 Å². The first kappa shape index (κ1) is 12.5. The minimum absolute atomic E-state index is 0.0863. The fourth-order valence-electron chi connectivity index (χ4n) is 2.65. The van der Waals surface area contributed by atoms with Crippen LogP contribution in [-0.4, -0.2) is 41.5 Å². The predicted molar refractivity (Wildman–Crippen MR) is 62.0 cm³/mol. The van der Waals surface area contributed by atoms with E-state index in [1.807, 2.05) is 6.92 Å². The summed E-state index contributed by atoms with van der Waals surface area (Å²) in [6, 6.07) is -0.412. The van der Waals surface area contributed by atoms with Crippen LogP contribution < -0.4 is 5.73 Å². The van der Waals surface area contributed by atoms with E-state index in [1.54, 1.807) is 13.8 Å². The molecule has 1 aliphatic carbocycles. The molecule has 2 N–H and O–H groups in total. The van der Waals surface area contributed by atoms with Crippen LogP contribution in [0.2, 0.25) is 0 Å². The number of hydrogen-bond donors (Lipinski definition) is 1. The number of ether oxygens (including phenoxy) is 1. The molecule has 1 aliphatic heterocycles. The lowest BCUT2D eigenvalue weighted by Gasteiger charge is -2.46. The molecule has 0 aromatic heterocycles. The Morgan fingerprint density at radius 3 is 2.53 bits per heavy atom. The zero-order valence-electron chi connectivity index (χ0n) is 10.6. The lowest BCUT2D eigenvalue weighted by atomic mass is 9.82. The zero-order chi connectivity index (χ0) is 12.8. The highest BCUT2D eigenvalue weighted by atomic mass is 16.5. The van der Waals surface area contributed by atoms with Crippen LogP contribution in [0.1, 0.15) is 33.6 Å². The number of nitrogens with two attached hydrogens (primary N) is 1. The maximum absolute atomic E-state index is 12.2. The van der Waals surface area contributed by atoms with Gasteiger partial charge in [0.15, 0.2) is 0 Å². The molecule has 1 heterocycles. The minimum Gasteiger partial charge on any atom is -0.376 e. The van der Waals surface area contributed by atoms with Crippen molar-refractivity contribution < 1.29 is 14.3 Å². The maximum Gasteiger partial charge on any atom is 0.235 e. The molecule has 2 rings (SSSR count). The van der Waals surface area contributed by atoms with Crippen LogP contribution in [0.25, 0.3) is 0 Å². The van der Waals surface area contributed by atoms with Crippen molar-refractivity contribution >= 4 is 11.8 Å². The standard InChI is InChI=1S/C12H20N2O3/c1-4-17-8-5-7(13)10(8)14-9(15)6-12(2,3)11(14)16/h7-8,10H,4-6,13H2,1-3H3. The summed E-state index contributed by atoms with van der Waals surface area (Å²) in [7, 11) is 0. The predicted octanol–water partition coefficient (Wildman–Crippen LogP) is 0.276. The molecule has 1 saturated carbocycles. The molecule has 0 radical (unpaired) electrons. The maximum atomic E-state index is 12.2. The highest BCUT2D eigenvalue weighted by Gasteiger charge is 2.54. The van der Waals surface area contributed by atoms with Crippen LogP contribution in [0.3, 0.4) is 0 Å². The second kappa shape index (κ2) is 4.07. The van der Waals surface area contributed by atoms with Gasteiger partial charge in [-0.3, -0.25) is 14.5 Å². The van der Waals surface area contributed by atoms with Crippen LogP contribution in [0.4, 0.5) is 0 Å². The van der Waals surface area contributed by atoms with Crippen molar-refractivity contribution in [3.05, 3.63) is 0 Å². The van der Waals surface area contributed by atoms with Gasteiger partial charge in [0.05, 0.1) is 17.6 Å². The first-order chi connectivity index (χ1) is 7.88. The van der Waals surface area contributed by atoms with Crippen LogP contribution in [0.15, 0.2) is 0 Å². The van der Waals surface area contributed by atoms with E-state index in [9.17, 15) is 9.59 Å². The molecule has 2 amide bonds. The van der Waals surface area contributed by atoms with E-state index in [-0.39, 0.29) is 36.4 Å². The molecular formula is C12H20N2O3. The van der Waals surface area contributed by atoms with Gasteiger partial charge >= 0.3 is 0 Å². The summed E-state index contributed by atoms with van der Waals surface area (Å²) in [6.07, 6.45) is 0.904. The van der Waals surface area contributed by atoms with Crippen molar-refractivity contribution in [3.8, 4) is 0 Å². The summed E-state index contributed by atoms with van der Waals surface area (Å²) in [5.74, 6) is -0.239. The van der Waals surface area contributed by atoms with Crippen molar-refractivity contribution in [2.75, 3.05) is 6.61 Å². The van der Waals surface area contributed by atoms with Gasteiger partial charge in [0, 0.05) is 19.1 Å². The second-order valence-electron chi connectivity index (χ2n) is 5.51. The minimum atomic E-state index is -0.594. The Balaban J connectivity index is 2.17. The van der Waals surface area contributed by atoms with Gasteiger partial charge in [0.25, 0.3) is 0 Å². The average Bonchev–Trinajstić information content (AvgIpc) is 2.40. The fraction of sp³-hybridized carbons (Fsp3) is 0.833. The lowest BCUT2D eigenvalue weighted by molar-refractivity contribution is -0.155. The van der Waals surface area contributed by atoms with Gasteiger partial charge < -0.3 is 10.5 Å². The van der Waals surface area contributed by atoms with Gasteiger partial charge in [0.1, 0.15) is 0 Å². The number of likely N-dealkylation sites (tertiary alicyclic amines) is 1. The Kier molecular flexibility index (Phi) is 2.99. The molecule has 0 spiro atoms. The number of hydrogen-bond acceptors (Lipinski definition) is 4. The Hall–Kier alpha value is -0.940. The summed E-state index contributed by atoms with van der Waals surface area (Å²) in [5.41, 5.74) is 5.32. The molecule has 1 saturated heterocycles. The molecule has 5 nitrogen and oxygen atoms in total. The van der Waals surface area contributed by atoms with Crippen LogP contribution in [0, 0.1) is 5.41 Å². The molecule has 5 heteroatoms. The molecule has 17 heavy (non-hydrogen) atoms. The normalized spacial score (nSPS) is 36.2. The summed E-state index contributed by atoms with van der Waals surface area (Å²) in [4.78, 5) is 25.4. The third-order valence-corrected chi connectivity index (χ3v) is 3.66. The third-order valence-electron chi connectivity index (χ3n) is 3.66. The Morgan fingerprint density at radius 2 is 2.12 bits per heavy atom. The molecule has 3 atom stereocenters. The molecule has 0 aromatic rings. The first-order valence-electron chi connectivity index (χ1n) is 6.12. The summed E-state index contributed by atoms with van der Waals surface area (Å²) in [5, 5.41) is 0. The van der Waals surface area contributed by atoms with E-state index >= 15 is 0 Å². The molecule has 0 bridgehead atoms. The Morgan fingerprint density at radius 1 is 1.47 bits per heavy atom. The van der Waals surface area contributed by atoms with Gasteiger partial charge in [-0.1, -0.05) is 13.8 Å². The van der Waals surface area contributed by atoms with Crippen LogP contribution >= 0.6 is 0 Å². The smallest absolute Gasteiger partial charge is 0.235 e. The number of nitrogens with zero attached hydrogens (tertiary/aromatic N) is 1. The summed E-state index contributed by atoms with van der Waals surface area (Å²) in [6.45, 7) is 6.08. The van der Waals surface area contributed by atoms with Crippen molar-refractivity contribution in [3.63, 3.8) is 0 Å². The van der Waals surface area contributed by atoms with Crippen LogP contribution in [-0.2, 0) is 14.3 Å². The quantitative estimate of drug-likeness (QED) is 0.719. The second-order valence-corrected chi connectivity index (χ2v) is 5.51. The summed E-state index contributed by atoms with van der Waals surface area (Å²) < 4.78 is 5.51. The Bertz CT molecular complexity index is 352. The number of carbonyl (C=O) groups is 2. The van der Waals surface area contributed by atoms with Gasteiger partial charge in [-0.05, 0) is 13.3 Å². The molecular weight excluding hydrogens is 220 g/mol. The van der Waals surface area contributed by atoms with Gasteiger partial charge in [-0.2, -0.15) is 0 Å². The fourth-order valence-corrected chi connectivity index (χ4v) is 2.65. The highest BCUT2D eigenvalue weighted by Crippen LogP contribution is 2.38. The van der Waals surface area contributed by atoms with Crippen LogP contribution in [0.5, 0.6) is 0 Å². The number of rotatable bonds is 3. The van der Waals surface area contributed by atoms with E-state index in [2.05, 4.69) is 0 Å². The van der Waals surface area contributed by atoms with E-state index in [0.29, 0.717) is 6.61 Å². The van der Waals surface area contributed by atoms with Crippen molar-refractivity contribution in [1.82, 2.24) is 4.90 Å². The SMILES string of the molecule is CCOC1CC(N)C1N1C(=O)CC(C)(C)C1=O. The molecule has 2 fully saturated rings. The first-order valence-corrected chi connectivity index (χ1v) is 6.12. The topological polar surface area (TPSA) is 72.6 Å². The van der Waals surface area contributed by atoms with Crippen molar-refractivity contribution in [1.29, 1.82) is 0 Å². The van der Waals surface area contributed by atoms with Gasteiger partial charge in [-0.15, -0.1) is 0 Å². The van der Waals surface area contributed by atoms with E-state index < -0.39 is 5.41 Å². The molecule has 96 valence electrons. The van der Waals surface area contributed by atoms with Gasteiger partial charge in [-0.25, -0.2) is 0 Å². The number of carbonyl (C=O) groups excluding carboxylic acids is 2. The Labute approximate surface area is 101 Å². The van der Waals surface area contributed by atoms with E-state index in [0.717, 1.165) is 6.42 Å². The average molecular weight is 240 g/mol. The van der Waals surface area contributed by atoms with Gasteiger partial charge in [0.2, 0.25) is 11.8 Å². The zero-order valence-corrected chi connectivity index (χ0v) is 10.6. The van der Waals surface area contributed by atoms with Crippen molar-refractivity contribution in [2.45, 2.75) is 51.8 Å². The molecule has 0 aromatic carbocycles. The largest absolute Gasteiger partial charge is 0.376 e. The lowest BCUT2D eigenvalue weighted by Crippen LogP contribution is -2.66. The third kappa shape index (κ3) is 1.87.